The summed E-state index contributed by atoms with van der Waals surface area (Å²) in [6.07, 6.45) is 1.82. The van der Waals surface area contributed by atoms with E-state index in [0.717, 1.165) is 11.3 Å². The SMILES string of the molecule is CC(C)NC(=O)C1=Cc2cc(Cl)ccc2OC1. The van der Waals surface area contributed by atoms with Crippen molar-refractivity contribution in [1.29, 1.82) is 0 Å². The van der Waals surface area contributed by atoms with E-state index in [4.69, 9.17) is 16.3 Å². The maximum absolute atomic E-state index is 11.8. The van der Waals surface area contributed by atoms with Crippen molar-refractivity contribution in [2.45, 2.75) is 19.9 Å². The molecule has 4 heteroatoms. The smallest absolute Gasteiger partial charge is 0.250 e. The summed E-state index contributed by atoms with van der Waals surface area (Å²) in [5.41, 5.74) is 1.46. The summed E-state index contributed by atoms with van der Waals surface area (Å²) in [4.78, 5) is 11.8. The Balaban J connectivity index is 2.25. The number of fused-ring (bicyclic) bond motifs is 1. The van der Waals surface area contributed by atoms with Crippen LogP contribution < -0.4 is 10.1 Å². The fourth-order valence-electron chi connectivity index (χ4n) is 1.63. The molecule has 1 heterocycles. The largest absolute Gasteiger partial charge is 0.488 e. The summed E-state index contributed by atoms with van der Waals surface area (Å²) < 4.78 is 5.51. The van der Waals surface area contributed by atoms with Gasteiger partial charge in [-0.25, -0.2) is 0 Å². The van der Waals surface area contributed by atoms with Gasteiger partial charge in [0.15, 0.2) is 0 Å². The average molecular weight is 252 g/mol. The third-order valence-corrected chi connectivity index (χ3v) is 2.63. The van der Waals surface area contributed by atoms with Gasteiger partial charge in [-0.05, 0) is 38.1 Å². The molecule has 1 aromatic rings. The first-order chi connectivity index (χ1) is 8.06. The molecule has 1 aliphatic rings. The molecule has 2 rings (SSSR count). The third-order valence-electron chi connectivity index (χ3n) is 2.40. The molecule has 0 atom stereocenters. The predicted molar refractivity (Wildman–Crippen MR) is 68.2 cm³/mol. The molecule has 0 aromatic heterocycles. The molecule has 1 aliphatic heterocycles. The zero-order valence-electron chi connectivity index (χ0n) is 9.79. The molecule has 1 aromatic carbocycles. The lowest BCUT2D eigenvalue weighted by Gasteiger charge is -2.18. The second-order valence-electron chi connectivity index (χ2n) is 4.27. The highest BCUT2D eigenvalue weighted by molar-refractivity contribution is 6.30. The van der Waals surface area contributed by atoms with Crippen LogP contribution in [0.2, 0.25) is 5.02 Å². The maximum Gasteiger partial charge on any atom is 0.250 e. The Morgan fingerprint density at radius 2 is 2.24 bits per heavy atom. The van der Waals surface area contributed by atoms with Crippen molar-refractivity contribution in [1.82, 2.24) is 5.32 Å². The Bertz CT molecular complexity index is 480. The van der Waals surface area contributed by atoms with Crippen molar-refractivity contribution in [3.8, 4) is 5.75 Å². The molecule has 1 N–H and O–H groups in total. The predicted octanol–water partition coefficient (Wildman–Crippen LogP) is 2.64. The summed E-state index contributed by atoms with van der Waals surface area (Å²) in [6.45, 7) is 4.15. The van der Waals surface area contributed by atoms with E-state index >= 15 is 0 Å². The second-order valence-corrected chi connectivity index (χ2v) is 4.70. The fraction of sp³-hybridized carbons (Fsp3) is 0.308. The van der Waals surface area contributed by atoms with Crippen molar-refractivity contribution in [2.24, 2.45) is 0 Å². The minimum atomic E-state index is -0.0920. The Labute approximate surface area is 105 Å². The third kappa shape index (κ3) is 2.80. The minimum Gasteiger partial charge on any atom is -0.488 e. The van der Waals surface area contributed by atoms with E-state index in [1.165, 1.54) is 0 Å². The van der Waals surface area contributed by atoms with E-state index in [-0.39, 0.29) is 11.9 Å². The highest BCUT2D eigenvalue weighted by atomic mass is 35.5. The van der Waals surface area contributed by atoms with Crippen LogP contribution >= 0.6 is 11.6 Å². The quantitative estimate of drug-likeness (QED) is 0.878. The highest BCUT2D eigenvalue weighted by Crippen LogP contribution is 2.28. The second kappa shape index (κ2) is 4.80. The number of halogens is 1. The van der Waals surface area contributed by atoms with Crippen LogP contribution in [-0.2, 0) is 4.79 Å². The van der Waals surface area contributed by atoms with Crippen LogP contribution in [-0.4, -0.2) is 18.6 Å². The molecule has 1 amide bonds. The first kappa shape index (κ1) is 12.0. The number of rotatable bonds is 2. The van der Waals surface area contributed by atoms with Crippen LogP contribution in [0, 0.1) is 0 Å². The molecule has 0 fully saturated rings. The van der Waals surface area contributed by atoms with Gasteiger partial charge in [0.05, 0.1) is 5.57 Å². The van der Waals surface area contributed by atoms with Gasteiger partial charge < -0.3 is 10.1 Å². The van der Waals surface area contributed by atoms with Crippen molar-refractivity contribution in [3.63, 3.8) is 0 Å². The maximum atomic E-state index is 11.8. The average Bonchev–Trinajstić information content (AvgIpc) is 2.27. The molecule has 3 nitrogen and oxygen atoms in total. The van der Waals surface area contributed by atoms with Gasteiger partial charge in [-0.15, -0.1) is 0 Å². The molecule has 17 heavy (non-hydrogen) atoms. The normalized spacial score (nSPS) is 13.8. The van der Waals surface area contributed by atoms with E-state index in [1.807, 2.05) is 26.0 Å². The summed E-state index contributed by atoms with van der Waals surface area (Å²) in [7, 11) is 0. The number of carbonyl (C=O) groups is 1. The van der Waals surface area contributed by atoms with Crippen molar-refractivity contribution >= 4 is 23.6 Å². The van der Waals surface area contributed by atoms with Gasteiger partial charge in [0, 0.05) is 16.6 Å². The molecular formula is C13H14ClNO2. The molecule has 0 saturated carbocycles. The van der Waals surface area contributed by atoms with E-state index in [0.29, 0.717) is 17.2 Å². The molecular weight excluding hydrogens is 238 g/mol. The van der Waals surface area contributed by atoms with Gasteiger partial charge in [0.25, 0.3) is 5.91 Å². The zero-order chi connectivity index (χ0) is 12.4. The van der Waals surface area contributed by atoms with Crippen LogP contribution in [0.1, 0.15) is 19.4 Å². The summed E-state index contributed by atoms with van der Waals surface area (Å²) in [6, 6.07) is 5.49. The number of amides is 1. The van der Waals surface area contributed by atoms with Gasteiger partial charge in [0.1, 0.15) is 12.4 Å². The summed E-state index contributed by atoms with van der Waals surface area (Å²) in [5, 5.41) is 3.47. The van der Waals surface area contributed by atoms with Crippen molar-refractivity contribution in [2.75, 3.05) is 6.61 Å². The van der Waals surface area contributed by atoms with Gasteiger partial charge >= 0.3 is 0 Å². The molecule has 0 radical (unpaired) electrons. The first-order valence-corrected chi connectivity index (χ1v) is 5.88. The minimum absolute atomic E-state index is 0.0920. The molecule has 0 spiro atoms. The molecule has 0 aliphatic carbocycles. The first-order valence-electron chi connectivity index (χ1n) is 5.50. The molecule has 90 valence electrons. The number of carbonyl (C=O) groups excluding carboxylic acids is 1. The van der Waals surface area contributed by atoms with Crippen LogP contribution in [0.25, 0.3) is 6.08 Å². The number of nitrogens with one attached hydrogen (secondary N) is 1. The van der Waals surface area contributed by atoms with Crippen molar-refractivity contribution < 1.29 is 9.53 Å². The lowest BCUT2D eigenvalue weighted by molar-refractivity contribution is -0.118. The van der Waals surface area contributed by atoms with Gasteiger partial charge in [-0.1, -0.05) is 11.6 Å². The van der Waals surface area contributed by atoms with Crippen LogP contribution in [0.3, 0.4) is 0 Å². The lowest BCUT2D eigenvalue weighted by atomic mass is 10.1. The van der Waals surface area contributed by atoms with Crippen LogP contribution in [0.5, 0.6) is 5.75 Å². The molecule has 0 saturated heterocycles. The van der Waals surface area contributed by atoms with Crippen LogP contribution in [0.15, 0.2) is 23.8 Å². The molecule has 0 unspecified atom stereocenters. The topological polar surface area (TPSA) is 38.3 Å². The van der Waals surface area contributed by atoms with E-state index in [2.05, 4.69) is 5.32 Å². The van der Waals surface area contributed by atoms with Gasteiger partial charge in [-0.2, -0.15) is 0 Å². The van der Waals surface area contributed by atoms with E-state index in [9.17, 15) is 4.79 Å². The highest BCUT2D eigenvalue weighted by Gasteiger charge is 2.17. The van der Waals surface area contributed by atoms with Gasteiger partial charge in [-0.3, -0.25) is 4.79 Å². The number of hydrogen-bond donors (Lipinski definition) is 1. The summed E-state index contributed by atoms with van der Waals surface area (Å²) in [5.74, 6) is 0.668. The Morgan fingerprint density at radius 3 is 2.94 bits per heavy atom. The molecule has 0 bridgehead atoms. The van der Waals surface area contributed by atoms with E-state index in [1.54, 1.807) is 12.1 Å². The monoisotopic (exact) mass is 251 g/mol. The summed E-state index contributed by atoms with van der Waals surface area (Å²) >= 11 is 5.90. The number of benzene rings is 1. The number of hydrogen-bond acceptors (Lipinski definition) is 2. The van der Waals surface area contributed by atoms with Gasteiger partial charge in [0.2, 0.25) is 0 Å². The van der Waals surface area contributed by atoms with Crippen LogP contribution in [0.4, 0.5) is 0 Å². The van der Waals surface area contributed by atoms with E-state index < -0.39 is 0 Å². The Morgan fingerprint density at radius 1 is 1.47 bits per heavy atom. The number of ether oxygens (including phenoxy) is 1. The fourth-order valence-corrected chi connectivity index (χ4v) is 1.81. The Hall–Kier alpha value is -1.48. The lowest BCUT2D eigenvalue weighted by Crippen LogP contribution is -2.33. The van der Waals surface area contributed by atoms with Crippen molar-refractivity contribution in [3.05, 3.63) is 34.4 Å². The Kier molecular flexibility index (Phi) is 3.38. The zero-order valence-corrected chi connectivity index (χ0v) is 10.5. The standard InChI is InChI=1S/C13H14ClNO2/c1-8(2)15-13(16)10-5-9-6-11(14)3-4-12(9)17-7-10/h3-6,8H,7H2,1-2H3,(H,15,16).